The molecule has 0 aliphatic rings. The molecule has 0 fully saturated rings. The Morgan fingerprint density at radius 3 is 2.36 bits per heavy atom. The van der Waals surface area contributed by atoms with E-state index in [-0.39, 0.29) is 10.3 Å². The van der Waals surface area contributed by atoms with E-state index in [0.717, 1.165) is 5.56 Å². The van der Waals surface area contributed by atoms with E-state index in [0.29, 0.717) is 10.9 Å². The van der Waals surface area contributed by atoms with Crippen LogP contribution < -0.4 is 5.56 Å². The van der Waals surface area contributed by atoms with Crippen LogP contribution in [0.15, 0.2) is 39.3 Å². The van der Waals surface area contributed by atoms with Crippen molar-refractivity contribution >= 4 is 18.0 Å². The van der Waals surface area contributed by atoms with Crippen molar-refractivity contribution in [1.82, 2.24) is 14.9 Å². The zero-order valence-electron chi connectivity index (χ0n) is 13.5. The summed E-state index contributed by atoms with van der Waals surface area (Å²) in [5.74, 6) is 0. The van der Waals surface area contributed by atoms with E-state index in [1.165, 1.54) is 22.0 Å². The highest BCUT2D eigenvalue weighted by Gasteiger charge is 2.18. The minimum absolute atomic E-state index is 0.0858. The van der Waals surface area contributed by atoms with Crippen molar-refractivity contribution in [3.8, 4) is 0 Å². The van der Waals surface area contributed by atoms with Gasteiger partial charge in [-0.2, -0.15) is 9.78 Å². The van der Waals surface area contributed by atoms with Gasteiger partial charge in [-0.05, 0) is 19.4 Å². The maximum absolute atomic E-state index is 12.3. The summed E-state index contributed by atoms with van der Waals surface area (Å²) in [6, 6.07) is 7.93. The minimum Gasteiger partial charge on any atom is -0.265 e. The molecule has 1 heterocycles. The van der Waals surface area contributed by atoms with Gasteiger partial charge >= 0.3 is 0 Å². The molecule has 6 heteroatoms. The van der Waals surface area contributed by atoms with Gasteiger partial charge in [0.25, 0.3) is 5.56 Å². The lowest BCUT2D eigenvalue weighted by molar-refractivity contribution is 0.627. The minimum atomic E-state index is -0.245. The summed E-state index contributed by atoms with van der Waals surface area (Å²) in [5.41, 5.74) is 2.20. The molecule has 1 aromatic heterocycles. The summed E-state index contributed by atoms with van der Waals surface area (Å²) in [7, 11) is 0. The number of aromatic nitrogens is 3. The third-order valence-corrected chi connectivity index (χ3v) is 3.82. The topological polar surface area (TPSA) is 60.1 Å². The predicted octanol–water partition coefficient (Wildman–Crippen LogP) is 3.03. The third kappa shape index (κ3) is 4.27. The molecule has 116 valence electrons. The van der Waals surface area contributed by atoms with Crippen molar-refractivity contribution in [3.63, 3.8) is 0 Å². The van der Waals surface area contributed by atoms with Gasteiger partial charge in [-0.1, -0.05) is 62.4 Å². The molecule has 0 unspecified atom stereocenters. The lowest BCUT2D eigenvalue weighted by Crippen LogP contribution is -2.25. The first-order chi connectivity index (χ1) is 10.3. The number of hydrogen-bond acceptors (Lipinski definition) is 5. The highest BCUT2D eigenvalue weighted by molar-refractivity contribution is 8.00. The van der Waals surface area contributed by atoms with Crippen LogP contribution in [0, 0.1) is 13.8 Å². The summed E-state index contributed by atoms with van der Waals surface area (Å²) in [5, 5.41) is 12.8. The van der Waals surface area contributed by atoms with Crippen LogP contribution in [0.25, 0.3) is 0 Å². The SMILES string of the molecule is Cc1ccc(C=Nn2c(SC(C)(C)C)nnc(C)c2=O)cc1. The molecule has 0 saturated heterocycles. The second-order valence-electron chi connectivity index (χ2n) is 6.05. The van der Waals surface area contributed by atoms with Crippen LogP contribution in [-0.4, -0.2) is 25.8 Å². The van der Waals surface area contributed by atoms with Crippen molar-refractivity contribution in [1.29, 1.82) is 0 Å². The maximum atomic E-state index is 12.3. The first-order valence-electron chi connectivity index (χ1n) is 7.03. The Morgan fingerprint density at radius 2 is 1.77 bits per heavy atom. The van der Waals surface area contributed by atoms with Crippen LogP contribution in [0.3, 0.4) is 0 Å². The van der Waals surface area contributed by atoms with Crippen LogP contribution in [0.1, 0.15) is 37.6 Å². The lowest BCUT2D eigenvalue weighted by atomic mass is 10.2. The second-order valence-corrected chi connectivity index (χ2v) is 7.85. The van der Waals surface area contributed by atoms with E-state index in [9.17, 15) is 4.79 Å². The molecular formula is C16H20N4OS. The molecule has 0 aliphatic heterocycles. The van der Waals surface area contributed by atoms with Gasteiger partial charge in [0.2, 0.25) is 5.16 Å². The largest absolute Gasteiger partial charge is 0.296 e. The van der Waals surface area contributed by atoms with Crippen molar-refractivity contribution in [3.05, 3.63) is 51.4 Å². The zero-order chi connectivity index (χ0) is 16.3. The monoisotopic (exact) mass is 316 g/mol. The van der Waals surface area contributed by atoms with Crippen LogP contribution in [-0.2, 0) is 0 Å². The molecule has 5 nitrogen and oxygen atoms in total. The first kappa shape index (κ1) is 16.4. The lowest BCUT2D eigenvalue weighted by Gasteiger charge is -2.17. The van der Waals surface area contributed by atoms with Gasteiger partial charge in [0, 0.05) is 4.75 Å². The number of benzene rings is 1. The van der Waals surface area contributed by atoms with Gasteiger partial charge in [0.1, 0.15) is 5.69 Å². The van der Waals surface area contributed by atoms with Gasteiger partial charge in [-0.25, -0.2) is 0 Å². The average Bonchev–Trinajstić information content (AvgIpc) is 2.43. The standard InChI is InChI=1S/C16H20N4OS/c1-11-6-8-13(9-7-11)10-17-20-14(21)12(2)18-19-15(20)22-16(3,4)5/h6-10H,1-5H3. The second kappa shape index (κ2) is 6.44. The van der Waals surface area contributed by atoms with Crippen molar-refractivity contribution in [2.24, 2.45) is 5.10 Å². The Kier molecular flexibility index (Phi) is 4.81. The number of thioether (sulfide) groups is 1. The molecule has 0 saturated carbocycles. The normalized spacial score (nSPS) is 12.0. The predicted molar refractivity (Wildman–Crippen MR) is 90.8 cm³/mol. The molecular weight excluding hydrogens is 296 g/mol. The molecule has 2 aromatic rings. The van der Waals surface area contributed by atoms with E-state index >= 15 is 0 Å². The van der Waals surface area contributed by atoms with Crippen LogP contribution >= 0.6 is 11.8 Å². The molecule has 0 amide bonds. The average molecular weight is 316 g/mol. The highest BCUT2D eigenvalue weighted by Crippen LogP contribution is 2.29. The Morgan fingerprint density at radius 1 is 1.14 bits per heavy atom. The Hall–Kier alpha value is -1.95. The molecule has 22 heavy (non-hydrogen) atoms. The van der Waals surface area contributed by atoms with E-state index < -0.39 is 0 Å². The van der Waals surface area contributed by atoms with Gasteiger partial charge in [-0.15, -0.1) is 10.2 Å². The molecule has 1 aromatic carbocycles. The molecule has 0 aliphatic carbocycles. The van der Waals surface area contributed by atoms with E-state index in [1.54, 1.807) is 13.1 Å². The molecule has 0 N–H and O–H groups in total. The quantitative estimate of drug-likeness (QED) is 0.645. The number of hydrogen-bond donors (Lipinski definition) is 0. The Balaban J connectivity index is 2.42. The van der Waals surface area contributed by atoms with Gasteiger partial charge in [-0.3, -0.25) is 4.79 Å². The van der Waals surface area contributed by atoms with Crippen LogP contribution in [0.2, 0.25) is 0 Å². The van der Waals surface area contributed by atoms with E-state index in [4.69, 9.17) is 0 Å². The first-order valence-corrected chi connectivity index (χ1v) is 7.84. The summed E-state index contributed by atoms with van der Waals surface area (Å²) >= 11 is 1.46. The molecule has 0 atom stereocenters. The molecule has 2 rings (SSSR count). The molecule has 0 radical (unpaired) electrons. The Labute approximate surface area is 134 Å². The molecule has 0 spiro atoms. The van der Waals surface area contributed by atoms with Crippen LogP contribution in [0.4, 0.5) is 0 Å². The van der Waals surface area contributed by atoms with E-state index in [2.05, 4.69) is 36.1 Å². The molecule has 0 bridgehead atoms. The van der Waals surface area contributed by atoms with Crippen LogP contribution in [0.5, 0.6) is 0 Å². The summed E-state index contributed by atoms with van der Waals surface area (Å²) < 4.78 is 1.23. The summed E-state index contributed by atoms with van der Waals surface area (Å²) in [6.45, 7) is 9.82. The fourth-order valence-corrected chi connectivity index (χ4v) is 2.51. The number of rotatable bonds is 3. The van der Waals surface area contributed by atoms with Crippen molar-refractivity contribution < 1.29 is 0 Å². The summed E-state index contributed by atoms with van der Waals surface area (Å²) in [6.07, 6.45) is 1.66. The highest BCUT2D eigenvalue weighted by atomic mass is 32.2. The summed E-state index contributed by atoms with van der Waals surface area (Å²) in [4.78, 5) is 12.3. The fraction of sp³-hybridized carbons (Fsp3) is 0.375. The zero-order valence-corrected chi connectivity index (χ0v) is 14.3. The van der Waals surface area contributed by atoms with E-state index in [1.807, 2.05) is 31.2 Å². The fourth-order valence-electron chi connectivity index (χ4n) is 1.66. The smallest absolute Gasteiger partial charge is 0.265 e. The third-order valence-electron chi connectivity index (χ3n) is 2.77. The number of aryl methyl sites for hydroxylation is 2. The van der Waals surface area contributed by atoms with Crippen molar-refractivity contribution in [2.45, 2.75) is 44.5 Å². The number of nitrogens with zero attached hydrogens (tertiary/aromatic N) is 4. The van der Waals surface area contributed by atoms with Gasteiger partial charge in [0.05, 0.1) is 6.21 Å². The van der Waals surface area contributed by atoms with Gasteiger partial charge < -0.3 is 0 Å². The van der Waals surface area contributed by atoms with Gasteiger partial charge in [0.15, 0.2) is 0 Å². The van der Waals surface area contributed by atoms with Crippen molar-refractivity contribution in [2.75, 3.05) is 0 Å². The Bertz CT molecular complexity index is 742. The maximum Gasteiger partial charge on any atom is 0.296 e.